The minimum atomic E-state index is -0.117. The van der Waals surface area contributed by atoms with Crippen LogP contribution in [0, 0.1) is 0 Å². The van der Waals surface area contributed by atoms with E-state index in [9.17, 15) is 9.59 Å². The molecule has 0 aromatic heterocycles. The van der Waals surface area contributed by atoms with Gasteiger partial charge < -0.3 is 10.2 Å². The average Bonchev–Trinajstić information content (AvgIpc) is 2.68. The fraction of sp³-hybridized carbons (Fsp3) is 0.333. The molecule has 0 atom stereocenters. The number of nitrogens with zero attached hydrogens (tertiary/aromatic N) is 1. The van der Waals surface area contributed by atoms with E-state index in [0.717, 1.165) is 24.5 Å². The first kappa shape index (κ1) is 17.2. The molecule has 1 fully saturated rings. The van der Waals surface area contributed by atoms with Crippen LogP contribution in [-0.2, 0) is 4.79 Å². The van der Waals surface area contributed by atoms with Gasteiger partial charge in [-0.3, -0.25) is 9.59 Å². The predicted octanol–water partition coefficient (Wildman–Crippen LogP) is 4.28. The summed E-state index contributed by atoms with van der Waals surface area (Å²) in [5.74, 6) is -0.117. The second-order valence-electron chi connectivity index (χ2n) is 6.40. The van der Waals surface area contributed by atoms with Crippen LogP contribution in [0.2, 0.25) is 0 Å². The molecule has 2 aromatic carbocycles. The Kier molecular flexibility index (Phi) is 5.83. The van der Waals surface area contributed by atoms with Crippen molar-refractivity contribution >= 4 is 23.1 Å². The van der Waals surface area contributed by atoms with Crippen LogP contribution >= 0.6 is 0 Å². The second-order valence-corrected chi connectivity index (χ2v) is 6.40. The lowest BCUT2D eigenvalue weighted by molar-refractivity contribution is -0.116. The normalized spacial score (nSPS) is 14.2. The van der Waals surface area contributed by atoms with Gasteiger partial charge in [0.1, 0.15) is 0 Å². The average molecular weight is 336 g/mol. The lowest BCUT2D eigenvalue weighted by atomic mass is 10.1. The zero-order valence-electron chi connectivity index (χ0n) is 14.4. The first-order chi connectivity index (χ1) is 12.2. The van der Waals surface area contributed by atoms with E-state index < -0.39 is 0 Å². The smallest absolute Gasteiger partial charge is 0.224 e. The molecule has 3 rings (SSSR count). The Morgan fingerprint density at radius 3 is 2.28 bits per heavy atom. The van der Waals surface area contributed by atoms with Crippen molar-refractivity contribution in [1.29, 1.82) is 0 Å². The van der Waals surface area contributed by atoms with E-state index in [1.807, 2.05) is 36.4 Å². The van der Waals surface area contributed by atoms with Gasteiger partial charge in [-0.05, 0) is 31.4 Å². The van der Waals surface area contributed by atoms with Crippen LogP contribution in [0.4, 0.5) is 11.4 Å². The predicted molar refractivity (Wildman–Crippen MR) is 101 cm³/mol. The minimum Gasteiger partial charge on any atom is -0.370 e. The molecule has 0 aliphatic carbocycles. The minimum absolute atomic E-state index is 0.0000608. The molecule has 1 aliphatic heterocycles. The van der Waals surface area contributed by atoms with Crippen molar-refractivity contribution in [2.75, 3.05) is 23.3 Å². The fourth-order valence-electron chi connectivity index (χ4n) is 3.20. The van der Waals surface area contributed by atoms with Crippen LogP contribution in [0.3, 0.4) is 0 Å². The first-order valence-electron chi connectivity index (χ1n) is 8.96. The second kappa shape index (κ2) is 8.47. The van der Waals surface area contributed by atoms with E-state index >= 15 is 0 Å². The van der Waals surface area contributed by atoms with Gasteiger partial charge in [0.2, 0.25) is 5.91 Å². The SMILES string of the molecule is O=C(CCC(=O)c1ccccc1)Nc1ccccc1N1CCCCC1. The Morgan fingerprint density at radius 1 is 0.840 bits per heavy atom. The summed E-state index contributed by atoms with van der Waals surface area (Å²) in [6.45, 7) is 2.05. The van der Waals surface area contributed by atoms with Gasteiger partial charge in [-0.25, -0.2) is 0 Å². The quantitative estimate of drug-likeness (QED) is 0.801. The van der Waals surface area contributed by atoms with E-state index in [4.69, 9.17) is 0 Å². The lowest BCUT2D eigenvalue weighted by Gasteiger charge is -2.30. The van der Waals surface area contributed by atoms with Gasteiger partial charge >= 0.3 is 0 Å². The van der Waals surface area contributed by atoms with Crippen LogP contribution in [-0.4, -0.2) is 24.8 Å². The molecule has 1 aliphatic rings. The number of para-hydroxylation sites is 2. The highest BCUT2D eigenvalue weighted by molar-refractivity contribution is 6.00. The molecule has 0 spiro atoms. The van der Waals surface area contributed by atoms with Gasteiger partial charge in [-0.2, -0.15) is 0 Å². The fourth-order valence-corrected chi connectivity index (χ4v) is 3.20. The largest absolute Gasteiger partial charge is 0.370 e. The molecule has 1 N–H and O–H groups in total. The van der Waals surface area contributed by atoms with E-state index in [-0.39, 0.29) is 24.5 Å². The van der Waals surface area contributed by atoms with Crippen LogP contribution in [0.15, 0.2) is 54.6 Å². The molecule has 4 nitrogen and oxygen atoms in total. The highest BCUT2D eigenvalue weighted by Crippen LogP contribution is 2.28. The van der Waals surface area contributed by atoms with Gasteiger partial charge in [0.05, 0.1) is 11.4 Å². The van der Waals surface area contributed by atoms with Gasteiger partial charge in [0, 0.05) is 31.5 Å². The number of hydrogen-bond acceptors (Lipinski definition) is 3. The maximum atomic E-state index is 12.3. The number of benzene rings is 2. The zero-order chi connectivity index (χ0) is 17.5. The summed E-state index contributed by atoms with van der Waals surface area (Å²) in [4.78, 5) is 26.8. The number of Topliss-reactive ketones (excluding diaryl/α,β-unsaturated/α-hetero) is 1. The number of rotatable bonds is 6. The number of carbonyl (C=O) groups is 2. The summed E-state index contributed by atoms with van der Waals surface area (Å²) in [6, 6.07) is 17.0. The van der Waals surface area contributed by atoms with Crippen LogP contribution in [0.5, 0.6) is 0 Å². The first-order valence-corrected chi connectivity index (χ1v) is 8.96. The summed E-state index contributed by atoms with van der Waals surface area (Å²) < 4.78 is 0. The van der Waals surface area contributed by atoms with Crippen molar-refractivity contribution in [3.63, 3.8) is 0 Å². The molecule has 25 heavy (non-hydrogen) atoms. The third-order valence-electron chi connectivity index (χ3n) is 4.55. The van der Waals surface area contributed by atoms with E-state index in [1.165, 1.54) is 19.3 Å². The highest BCUT2D eigenvalue weighted by atomic mass is 16.2. The van der Waals surface area contributed by atoms with Crippen molar-refractivity contribution in [3.8, 4) is 0 Å². The molecule has 0 bridgehead atoms. The molecule has 0 unspecified atom stereocenters. The van der Waals surface area contributed by atoms with Crippen molar-refractivity contribution in [2.45, 2.75) is 32.1 Å². The number of anilines is 2. The molecule has 1 heterocycles. The van der Waals surface area contributed by atoms with Crippen LogP contribution in [0.25, 0.3) is 0 Å². The highest BCUT2D eigenvalue weighted by Gasteiger charge is 2.16. The number of nitrogens with one attached hydrogen (secondary N) is 1. The summed E-state index contributed by atoms with van der Waals surface area (Å²) in [5.41, 5.74) is 2.57. The maximum Gasteiger partial charge on any atom is 0.224 e. The van der Waals surface area contributed by atoms with Crippen LogP contribution in [0.1, 0.15) is 42.5 Å². The monoisotopic (exact) mass is 336 g/mol. The Hall–Kier alpha value is -2.62. The molecule has 130 valence electrons. The van der Waals surface area contributed by atoms with E-state index in [1.54, 1.807) is 12.1 Å². The topological polar surface area (TPSA) is 49.4 Å². The summed E-state index contributed by atoms with van der Waals surface area (Å²) in [5, 5.41) is 2.98. The third kappa shape index (κ3) is 4.69. The van der Waals surface area contributed by atoms with Gasteiger partial charge in [-0.15, -0.1) is 0 Å². The number of hydrogen-bond donors (Lipinski definition) is 1. The van der Waals surface area contributed by atoms with Crippen LogP contribution < -0.4 is 10.2 Å². The molecular weight excluding hydrogens is 312 g/mol. The Morgan fingerprint density at radius 2 is 1.52 bits per heavy atom. The Balaban J connectivity index is 1.59. The van der Waals surface area contributed by atoms with Gasteiger partial charge in [-0.1, -0.05) is 42.5 Å². The molecule has 0 saturated carbocycles. The van der Waals surface area contributed by atoms with Gasteiger partial charge in [0.15, 0.2) is 5.78 Å². The van der Waals surface area contributed by atoms with Gasteiger partial charge in [0.25, 0.3) is 0 Å². The molecule has 4 heteroatoms. The molecule has 2 aromatic rings. The van der Waals surface area contributed by atoms with E-state index in [2.05, 4.69) is 16.3 Å². The summed E-state index contributed by atoms with van der Waals surface area (Å²) >= 11 is 0. The van der Waals surface area contributed by atoms with Crippen molar-refractivity contribution in [1.82, 2.24) is 0 Å². The Bertz CT molecular complexity index is 722. The molecule has 0 radical (unpaired) electrons. The number of piperidine rings is 1. The van der Waals surface area contributed by atoms with Crippen molar-refractivity contribution < 1.29 is 9.59 Å². The lowest BCUT2D eigenvalue weighted by Crippen LogP contribution is -2.30. The molecule has 1 saturated heterocycles. The van der Waals surface area contributed by atoms with Crippen molar-refractivity contribution in [2.24, 2.45) is 0 Å². The Labute approximate surface area is 148 Å². The maximum absolute atomic E-state index is 12.3. The summed E-state index contributed by atoms with van der Waals surface area (Å²) in [6.07, 6.45) is 4.07. The molecular formula is C21H24N2O2. The zero-order valence-corrected chi connectivity index (χ0v) is 14.4. The van der Waals surface area contributed by atoms with E-state index in [0.29, 0.717) is 5.56 Å². The summed E-state index contributed by atoms with van der Waals surface area (Å²) in [7, 11) is 0. The number of ketones is 1. The molecule has 1 amide bonds. The number of carbonyl (C=O) groups excluding carboxylic acids is 2. The number of amides is 1. The standard InChI is InChI=1S/C21H24N2O2/c24-20(17-9-3-1-4-10-17)13-14-21(25)22-18-11-5-6-12-19(18)23-15-7-2-8-16-23/h1,3-6,9-12H,2,7-8,13-16H2,(H,22,25). The van der Waals surface area contributed by atoms with Crippen molar-refractivity contribution in [3.05, 3.63) is 60.2 Å². The third-order valence-corrected chi connectivity index (χ3v) is 4.55.